The zero-order chi connectivity index (χ0) is 22.6. The Morgan fingerprint density at radius 3 is 2.06 bits per heavy atom. The number of carboxylic acid groups (broad SMARTS) is 2. The molecule has 0 aliphatic heterocycles. The number of carbonyl (C=O) groups is 3. The van der Waals surface area contributed by atoms with Gasteiger partial charge in [0.05, 0.1) is 22.5 Å². The second-order valence-electron chi connectivity index (χ2n) is 6.29. The molecule has 0 saturated carbocycles. The first-order valence-corrected chi connectivity index (χ1v) is 10.2. The van der Waals surface area contributed by atoms with E-state index in [2.05, 4.69) is 10.0 Å². The van der Waals surface area contributed by atoms with Crippen molar-refractivity contribution in [2.75, 3.05) is 10.0 Å². The monoisotopic (exact) mass is 438 g/mol. The van der Waals surface area contributed by atoms with E-state index in [-0.39, 0.29) is 33.0 Å². The quantitative estimate of drug-likeness (QED) is 0.543. The average molecular weight is 438 g/mol. The number of benzene rings is 3. The summed E-state index contributed by atoms with van der Waals surface area (Å²) in [6, 6.07) is 15.6. The summed E-state index contributed by atoms with van der Waals surface area (Å²) in [5, 5.41) is 24.4. The highest BCUT2D eigenvalue weighted by Gasteiger charge is 2.17. The van der Waals surface area contributed by atoms with E-state index < -0.39 is 27.9 Å². The molecule has 0 spiro atoms. The van der Waals surface area contributed by atoms with Crippen LogP contribution in [0, 0.1) is 0 Å². The number of aromatic carboxylic acids is 2. The topological polar surface area (TPSA) is 156 Å². The fourth-order valence-electron chi connectivity index (χ4n) is 2.66. The lowest BCUT2D eigenvalue weighted by molar-refractivity contribution is -0.256. The van der Waals surface area contributed by atoms with Crippen LogP contribution < -0.4 is 20.3 Å². The molecule has 158 valence electrons. The van der Waals surface area contributed by atoms with Crippen molar-refractivity contribution in [3.8, 4) is 0 Å². The van der Waals surface area contributed by atoms with Crippen LogP contribution in [0.5, 0.6) is 0 Å². The van der Waals surface area contributed by atoms with Crippen molar-refractivity contribution in [3.05, 3.63) is 89.5 Å². The van der Waals surface area contributed by atoms with Gasteiger partial charge in [-0.3, -0.25) is 9.52 Å². The summed E-state index contributed by atoms with van der Waals surface area (Å²) in [6.45, 7) is 0. The molecule has 2 N–H and O–H groups in total. The first-order valence-electron chi connectivity index (χ1n) is 8.73. The molecule has 0 unspecified atom stereocenters. The van der Waals surface area contributed by atoms with Gasteiger partial charge in [0.15, 0.2) is 0 Å². The predicted molar refractivity (Wildman–Crippen MR) is 107 cm³/mol. The summed E-state index contributed by atoms with van der Waals surface area (Å²) in [6.07, 6.45) is 0. The smallest absolute Gasteiger partial charge is 0.261 e. The van der Waals surface area contributed by atoms with Crippen molar-refractivity contribution in [1.82, 2.24) is 0 Å². The Kier molecular flexibility index (Phi) is 6.02. The van der Waals surface area contributed by atoms with Crippen LogP contribution in [0.15, 0.2) is 77.7 Å². The summed E-state index contributed by atoms with van der Waals surface area (Å²) >= 11 is 0. The van der Waals surface area contributed by atoms with Crippen molar-refractivity contribution in [3.63, 3.8) is 0 Å². The van der Waals surface area contributed by atoms with E-state index in [1.54, 1.807) is 0 Å². The van der Waals surface area contributed by atoms with Gasteiger partial charge in [-0.2, -0.15) is 0 Å². The molecule has 0 aromatic heterocycles. The van der Waals surface area contributed by atoms with E-state index in [1.165, 1.54) is 66.7 Å². The lowest BCUT2D eigenvalue weighted by atomic mass is 10.1. The highest BCUT2D eigenvalue weighted by molar-refractivity contribution is 7.92. The van der Waals surface area contributed by atoms with E-state index >= 15 is 0 Å². The maximum Gasteiger partial charge on any atom is 0.261 e. The fraction of sp³-hybridized carbons (Fsp3) is 0. The van der Waals surface area contributed by atoms with Gasteiger partial charge in [0.2, 0.25) is 0 Å². The molecule has 0 heterocycles. The van der Waals surface area contributed by atoms with Crippen molar-refractivity contribution < 1.29 is 33.0 Å². The maximum atomic E-state index is 12.6. The lowest BCUT2D eigenvalue weighted by Crippen LogP contribution is -2.25. The van der Waals surface area contributed by atoms with Crippen molar-refractivity contribution in [2.24, 2.45) is 0 Å². The van der Waals surface area contributed by atoms with Gasteiger partial charge in [-0.15, -0.1) is 0 Å². The van der Waals surface area contributed by atoms with Gasteiger partial charge in [0, 0.05) is 16.8 Å². The van der Waals surface area contributed by atoms with Crippen LogP contribution in [0.1, 0.15) is 31.1 Å². The predicted octanol–water partition coefficient (Wildman–Crippen LogP) is 0.467. The number of carbonyl (C=O) groups excluding carboxylic acids is 3. The maximum absolute atomic E-state index is 12.6. The van der Waals surface area contributed by atoms with E-state index in [9.17, 15) is 33.0 Å². The molecule has 0 radical (unpaired) electrons. The SMILES string of the molecule is O=C([O-])c1ccc(NS(=O)(=O)c2cccc(C(=O)Nc3ccccc3C(=O)[O-])c2)cc1. The van der Waals surface area contributed by atoms with Crippen LogP contribution in [-0.2, 0) is 10.0 Å². The molecular weight excluding hydrogens is 424 g/mol. The molecule has 0 fully saturated rings. The Labute approximate surface area is 177 Å². The number of amides is 1. The van der Waals surface area contributed by atoms with E-state index in [0.717, 1.165) is 6.07 Å². The van der Waals surface area contributed by atoms with Gasteiger partial charge < -0.3 is 25.1 Å². The fourth-order valence-corrected chi connectivity index (χ4v) is 3.76. The van der Waals surface area contributed by atoms with E-state index in [1.807, 2.05) is 0 Å². The molecule has 0 aliphatic rings. The summed E-state index contributed by atoms with van der Waals surface area (Å²) in [4.78, 5) is 34.3. The summed E-state index contributed by atoms with van der Waals surface area (Å²) in [7, 11) is -4.09. The van der Waals surface area contributed by atoms with E-state index in [4.69, 9.17) is 0 Å². The van der Waals surface area contributed by atoms with Crippen LogP contribution >= 0.6 is 0 Å². The van der Waals surface area contributed by atoms with Crippen molar-refractivity contribution in [2.45, 2.75) is 4.90 Å². The molecule has 1 amide bonds. The number of hydrogen-bond donors (Lipinski definition) is 2. The third-order valence-electron chi connectivity index (χ3n) is 4.17. The van der Waals surface area contributed by atoms with Gasteiger partial charge in [-0.25, -0.2) is 8.42 Å². The molecule has 9 nitrogen and oxygen atoms in total. The first kappa shape index (κ1) is 21.5. The summed E-state index contributed by atoms with van der Waals surface area (Å²) < 4.78 is 27.6. The molecule has 31 heavy (non-hydrogen) atoms. The summed E-state index contributed by atoms with van der Waals surface area (Å²) in [5.41, 5.74) is -0.238. The van der Waals surface area contributed by atoms with Crippen LogP contribution in [0.2, 0.25) is 0 Å². The molecule has 3 rings (SSSR count). The van der Waals surface area contributed by atoms with Crippen LogP contribution in [0.25, 0.3) is 0 Å². The number of nitrogens with one attached hydrogen (secondary N) is 2. The Balaban J connectivity index is 1.82. The number of anilines is 2. The molecular formula is C21H14N2O7S-2. The van der Waals surface area contributed by atoms with Crippen LogP contribution in [-0.4, -0.2) is 26.3 Å². The molecule has 0 bridgehead atoms. The minimum Gasteiger partial charge on any atom is -0.545 e. The third kappa shape index (κ3) is 5.06. The van der Waals surface area contributed by atoms with Gasteiger partial charge in [-0.05, 0) is 42.0 Å². The highest BCUT2D eigenvalue weighted by Crippen LogP contribution is 2.20. The minimum atomic E-state index is -4.09. The number of para-hydroxylation sites is 1. The second-order valence-corrected chi connectivity index (χ2v) is 7.97. The number of sulfonamides is 1. The molecule has 3 aromatic rings. The van der Waals surface area contributed by atoms with Gasteiger partial charge in [0.1, 0.15) is 0 Å². The average Bonchev–Trinajstić information content (AvgIpc) is 2.74. The normalized spacial score (nSPS) is 10.8. The van der Waals surface area contributed by atoms with Crippen LogP contribution in [0.4, 0.5) is 11.4 Å². The zero-order valence-electron chi connectivity index (χ0n) is 15.7. The number of rotatable bonds is 7. The molecule has 0 atom stereocenters. The third-order valence-corrected chi connectivity index (χ3v) is 5.55. The second kappa shape index (κ2) is 8.67. The Hall–Kier alpha value is -4.18. The minimum absolute atomic E-state index is 0.00638. The standard InChI is InChI=1S/C21H16N2O7S/c24-19(22-18-7-2-1-6-17(18)21(27)28)14-4-3-5-16(12-14)31(29,30)23-15-10-8-13(9-11-15)20(25)26/h1-12,23H,(H,22,24)(H,25,26)(H,27,28)/p-2. The highest BCUT2D eigenvalue weighted by atomic mass is 32.2. The lowest BCUT2D eigenvalue weighted by Gasteiger charge is -2.13. The molecule has 10 heteroatoms. The van der Waals surface area contributed by atoms with Crippen molar-refractivity contribution >= 4 is 39.2 Å². The first-order chi connectivity index (χ1) is 14.7. The molecule has 3 aromatic carbocycles. The van der Waals surface area contributed by atoms with Crippen LogP contribution in [0.3, 0.4) is 0 Å². The van der Waals surface area contributed by atoms with Gasteiger partial charge >= 0.3 is 0 Å². The Morgan fingerprint density at radius 2 is 1.42 bits per heavy atom. The largest absolute Gasteiger partial charge is 0.545 e. The number of carboxylic acids is 2. The Bertz CT molecular complexity index is 1270. The zero-order valence-corrected chi connectivity index (χ0v) is 16.5. The Morgan fingerprint density at radius 1 is 0.742 bits per heavy atom. The van der Waals surface area contributed by atoms with Gasteiger partial charge in [0.25, 0.3) is 15.9 Å². The van der Waals surface area contributed by atoms with E-state index in [0.29, 0.717) is 0 Å². The van der Waals surface area contributed by atoms with Crippen molar-refractivity contribution in [1.29, 1.82) is 0 Å². The summed E-state index contributed by atoms with van der Waals surface area (Å²) in [5.74, 6) is -3.58. The molecule has 0 aliphatic carbocycles. The van der Waals surface area contributed by atoms with Gasteiger partial charge in [-0.1, -0.05) is 36.4 Å². The molecule has 0 saturated heterocycles. The number of hydrogen-bond acceptors (Lipinski definition) is 7.